The van der Waals surface area contributed by atoms with E-state index in [1.807, 2.05) is 67.6 Å². The van der Waals surface area contributed by atoms with E-state index in [0.29, 0.717) is 5.56 Å². The zero-order chi connectivity index (χ0) is 16.1. The lowest BCUT2D eigenvalue weighted by molar-refractivity contribution is 0.102. The summed E-state index contributed by atoms with van der Waals surface area (Å²) in [5.41, 5.74) is 5.02. The highest BCUT2D eigenvalue weighted by Gasteiger charge is 2.05. The van der Waals surface area contributed by atoms with Crippen LogP contribution in [0.2, 0.25) is 0 Å². The number of pyridine rings is 1. The molecule has 3 heteroatoms. The molecule has 0 saturated heterocycles. The van der Waals surface area contributed by atoms with Crippen molar-refractivity contribution in [1.29, 1.82) is 0 Å². The Kier molecular flexibility index (Phi) is 4.48. The highest BCUT2D eigenvalue weighted by molar-refractivity contribution is 6.04. The highest BCUT2D eigenvalue weighted by Crippen LogP contribution is 2.14. The van der Waals surface area contributed by atoms with Gasteiger partial charge < -0.3 is 5.32 Å². The summed E-state index contributed by atoms with van der Waals surface area (Å²) in [4.78, 5) is 16.2. The summed E-state index contributed by atoms with van der Waals surface area (Å²) in [5, 5.41) is 2.92. The van der Waals surface area contributed by atoms with E-state index in [-0.39, 0.29) is 5.91 Å². The fourth-order valence-electron chi connectivity index (χ4n) is 2.35. The Morgan fingerprint density at radius 3 is 2.13 bits per heavy atom. The van der Waals surface area contributed by atoms with Crippen LogP contribution in [0.25, 0.3) is 0 Å². The van der Waals surface area contributed by atoms with Gasteiger partial charge in [-0.05, 0) is 60.9 Å². The van der Waals surface area contributed by atoms with Crippen LogP contribution in [0.5, 0.6) is 0 Å². The van der Waals surface area contributed by atoms with Crippen molar-refractivity contribution in [1.82, 2.24) is 4.98 Å². The van der Waals surface area contributed by atoms with E-state index in [0.717, 1.165) is 17.7 Å². The SMILES string of the molecule is Cc1ccc(C(=O)Nc2ccc(Cc3ccncc3)cc2)cc1. The molecule has 0 aliphatic heterocycles. The zero-order valence-corrected chi connectivity index (χ0v) is 13.0. The van der Waals surface area contributed by atoms with E-state index in [9.17, 15) is 4.79 Å². The molecule has 0 unspecified atom stereocenters. The van der Waals surface area contributed by atoms with Crippen LogP contribution in [0.1, 0.15) is 27.0 Å². The number of nitrogens with one attached hydrogen (secondary N) is 1. The molecule has 1 aromatic heterocycles. The first-order valence-corrected chi connectivity index (χ1v) is 7.56. The molecule has 0 radical (unpaired) electrons. The number of carbonyl (C=O) groups excluding carboxylic acids is 1. The second-order valence-corrected chi connectivity index (χ2v) is 5.55. The van der Waals surface area contributed by atoms with E-state index in [1.54, 1.807) is 12.4 Å². The van der Waals surface area contributed by atoms with Gasteiger partial charge in [-0.3, -0.25) is 9.78 Å². The molecular weight excluding hydrogens is 284 g/mol. The van der Waals surface area contributed by atoms with Gasteiger partial charge in [0.15, 0.2) is 0 Å². The Morgan fingerprint density at radius 1 is 0.870 bits per heavy atom. The standard InChI is InChI=1S/C20H18N2O/c1-15-2-6-18(7-3-15)20(23)22-19-8-4-16(5-9-19)14-17-10-12-21-13-11-17/h2-13H,14H2,1H3,(H,22,23). The molecule has 3 rings (SSSR count). The summed E-state index contributed by atoms with van der Waals surface area (Å²) in [6.45, 7) is 2.00. The molecule has 1 N–H and O–H groups in total. The van der Waals surface area contributed by atoms with Gasteiger partial charge in [-0.25, -0.2) is 0 Å². The van der Waals surface area contributed by atoms with Crippen LogP contribution in [-0.4, -0.2) is 10.9 Å². The molecule has 0 atom stereocenters. The van der Waals surface area contributed by atoms with Gasteiger partial charge in [0.2, 0.25) is 0 Å². The zero-order valence-electron chi connectivity index (χ0n) is 13.0. The Labute approximate surface area is 136 Å². The van der Waals surface area contributed by atoms with Gasteiger partial charge in [0.1, 0.15) is 0 Å². The smallest absolute Gasteiger partial charge is 0.255 e. The quantitative estimate of drug-likeness (QED) is 0.783. The largest absolute Gasteiger partial charge is 0.322 e. The normalized spacial score (nSPS) is 10.3. The summed E-state index contributed by atoms with van der Waals surface area (Å²) in [6, 6.07) is 19.5. The Bertz CT molecular complexity index is 778. The molecule has 0 saturated carbocycles. The number of rotatable bonds is 4. The average Bonchev–Trinajstić information content (AvgIpc) is 2.58. The van der Waals surface area contributed by atoms with Gasteiger partial charge in [0, 0.05) is 23.6 Å². The van der Waals surface area contributed by atoms with Crippen LogP contribution in [0.3, 0.4) is 0 Å². The molecule has 0 aliphatic carbocycles. The van der Waals surface area contributed by atoms with E-state index in [4.69, 9.17) is 0 Å². The minimum Gasteiger partial charge on any atom is -0.322 e. The van der Waals surface area contributed by atoms with Crippen LogP contribution >= 0.6 is 0 Å². The molecule has 3 aromatic rings. The van der Waals surface area contributed by atoms with E-state index < -0.39 is 0 Å². The van der Waals surface area contributed by atoms with Crippen molar-refractivity contribution in [3.05, 3.63) is 95.3 Å². The summed E-state index contributed by atoms with van der Waals surface area (Å²) >= 11 is 0. The van der Waals surface area contributed by atoms with Crippen LogP contribution < -0.4 is 5.32 Å². The number of hydrogen-bond donors (Lipinski definition) is 1. The highest BCUT2D eigenvalue weighted by atomic mass is 16.1. The number of aryl methyl sites for hydroxylation is 1. The molecule has 2 aromatic carbocycles. The lowest BCUT2D eigenvalue weighted by Crippen LogP contribution is -2.11. The molecule has 0 spiro atoms. The van der Waals surface area contributed by atoms with Crippen LogP contribution in [0.4, 0.5) is 5.69 Å². The van der Waals surface area contributed by atoms with E-state index in [1.165, 1.54) is 11.1 Å². The van der Waals surface area contributed by atoms with Crippen molar-refractivity contribution in [2.75, 3.05) is 5.32 Å². The van der Waals surface area contributed by atoms with Crippen LogP contribution in [0, 0.1) is 6.92 Å². The van der Waals surface area contributed by atoms with Crippen LogP contribution in [0.15, 0.2) is 73.1 Å². The van der Waals surface area contributed by atoms with Crippen molar-refractivity contribution in [3.8, 4) is 0 Å². The monoisotopic (exact) mass is 302 g/mol. The number of carbonyl (C=O) groups is 1. The number of anilines is 1. The molecule has 1 heterocycles. The molecule has 0 fully saturated rings. The van der Waals surface area contributed by atoms with E-state index in [2.05, 4.69) is 10.3 Å². The van der Waals surface area contributed by atoms with E-state index >= 15 is 0 Å². The number of benzene rings is 2. The minimum atomic E-state index is -0.0908. The number of nitrogens with zero attached hydrogens (tertiary/aromatic N) is 1. The lowest BCUT2D eigenvalue weighted by atomic mass is 10.1. The predicted molar refractivity (Wildman–Crippen MR) is 92.6 cm³/mol. The van der Waals surface area contributed by atoms with Crippen molar-refractivity contribution in [2.24, 2.45) is 0 Å². The van der Waals surface area contributed by atoms with Crippen molar-refractivity contribution in [3.63, 3.8) is 0 Å². The van der Waals surface area contributed by atoms with Crippen molar-refractivity contribution < 1.29 is 4.79 Å². The number of hydrogen-bond acceptors (Lipinski definition) is 2. The van der Waals surface area contributed by atoms with Gasteiger partial charge in [0.25, 0.3) is 5.91 Å². The third-order valence-corrected chi connectivity index (χ3v) is 3.68. The molecule has 3 nitrogen and oxygen atoms in total. The molecule has 0 bridgehead atoms. The summed E-state index contributed by atoms with van der Waals surface area (Å²) < 4.78 is 0. The summed E-state index contributed by atoms with van der Waals surface area (Å²) in [5.74, 6) is -0.0908. The fourth-order valence-corrected chi connectivity index (χ4v) is 2.35. The fraction of sp³-hybridized carbons (Fsp3) is 0.100. The maximum atomic E-state index is 12.2. The molecular formula is C20H18N2O. The Hall–Kier alpha value is -2.94. The van der Waals surface area contributed by atoms with Crippen molar-refractivity contribution in [2.45, 2.75) is 13.3 Å². The minimum absolute atomic E-state index is 0.0908. The first-order valence-electron chi connectivity index (χ1n) is 7.56. The van der Waals surface area contributed by atoms with Gasteiger partial charge in [-0.1, -0.05) is 29.8 Å². The van der Waals surface area contributed by atoms with Crippen LogP contribution in [-0.2, 0) is 6.42 Å². The molecule has 0 aliphatic rings. The number of amides is 1. The number of aromatic nitrogens is 1. The van der Waals surface area contributed by atoms with Gasteiger partial charge in [-0.15, -0.1) is 0 Å². The first kappa shape index (κ1) is 15.0. The maximum absolute atomic E-state index is 12.2. The predicted octanol–water partition coefficient (Wildman–Crippen LogP) is 4.23. The maximum Gasteiger partial charge on any atom is 0.255 e. The molecule has 23 heavy (non-hydrogen) atoms. The summed E-state index contributed by atoms with van der Waals surface area (Å²) in [7, 11) is 0. The second kappa shape index (κ2) is 6.88. The Morgan fingerprint density at radius 2 is 1.48 bits per heavy atom. The molecule has 114 valence electrons. The van der Waals surface area contributed by atoms with Gasteiger partial charge in [0.05, 0.1) is 0 Å². The van der Waals surface area contributed by atoms with Gasteiger partial charge >= 0.3 is 0 Å². The Balaban J connectivity index is 1.65. The third-order valence-electron chi connectivity index (χ3n) is 3.68. The average molecular weight is 302 g/mol. The van der Waals surface area contributed by atoms with Crippen molar-refractivity contribution >= 4 is 11.6 Å². The second-order valence-electron chi connectivity index (χ2n) is 5.55. The lowest BCUT2D eigenvalue weighted by Gasteiger charge is -2.07. The first-order chi connectivity index (χ1) is 11.2. The third kappa shape index (κ3) is 4.04. The van der Waals surface area contributed by atoms with Gasteiger partial charge in [-0.2, -0.15) is 0 Å². The topological polar surface area (TPSA) is 42.0 Å². The molecule has 1 amide bonds. The summed E-state index contributed by atoms with van der Waals surface area (Å²) in [6.07, 6.45) is 4.45.